The number of ether oxygens (including phenoxy) is 1. The van der Waals surface area contributed by atoms with Crippen molar-refractivity contribution in [3.63, 3.8) is 0 Å². The first-order valence-corrected chi connectivity index (χ1v) is 11.2. The molecule has 0 spiro atoms. The molecule has 9 heteroatoms. The van der Waals surface area contributed by atoms with Gasteiger partial charge in [0.1, 0.15) is 29.8 Å². The zero-order chi connectivity index (χ0) is 24.1. The summed E-state index contributed by atoms with van der Waals surface area (Å²) in [4.78, 5) is 15.9. The third-order valence-corrected chi connectivity index (χ3v) is 6.03. The van der Waals surface area contributed by atoms with Gasteiger partial charge >= 0.3 is 6.16 Å². The molecular weight excluding hydrogens is 446 g/mol. The number of carboxylic acid groups (broad SMARTS) is 2. The van der Waals surface area contributed by atoms with Crippen LogP contribution in [0.25, 0.3) is 11.5 Å². The summed E-state index contributed by atoms with van der Waals surface area (Å²) < 4.78 is 38.3. The molecule has 3 aromatic rings. The van der Waals surface area contributed by atoms with Crippen LogP contribution in [0.5, 0.6) is 5.75 Å². The Morgan fingerprint density at radius 2 is 1.74 bits per heavy atom. The van der Waals surface area contributed by atoms with E-state index in [0.29, 0.717) is 23.2 Å². The Kier molecular flexibility index (Phi) is 7.42. The van der Waals surface area contributed by atoms with Gasteiger partial charge < -0.3 is 19.4 Å². The fourth-order valence-corrected chi connectivity index (χ4v) is 4.48. The van der Waals surface area contributed by atoms with Crippen LogP contribution in [-0.4, -0.2) is 38.8 Å². The van der Waals surface area contributed by atoms with Gasteiger partial charge in [-0.15, -0.1) is 0 Å². The summed E-state index contributed by atoms with van der Waals surface area (Å²) in [6.45, 7) is 2.01. The number of oxazole rings is 1. The van der Waals surface area contributed by atoms with E-state index in [-0.39, 0.29) is 6.61 Å². The van der Waals surface area contributed by atoms with Gasteiger partial charge in [-0.2, -0.15) is 0 Å². The minimum absolute atomic E-state index is 0.0956. The number of hydrogen-bond donors (Lipinski definition) is 2. The standard InChI is InChI=1S/C24H24F2N2O2.CH2O3/c25-18-11-16(12-19(26)13-18)15-29-21-7-5-17(6-8-21)24-27-22-14-28(10-9-23(22)30-24)20-3-1-2-4-20;2-1(3)4/h5-8,11-13,20H,1-4,9-10,14-15H2;(H2,2,3,4). The van der Waals surface area contributed by atoms with E-state index in [0.717, 1.165) is 42.6 Å². The topological polar surface area (TPSA) is 96.0 Å². The van der Waals surface area contributed by atoms with Gasteiger partial charge in [-0.05, 0) is 54.8 Å². The van der Waals surface area contributed by atoms with Crippen LogP contribution in [-0.2, 0) is 19.6 Å². The zero-order valence-electron chi connectivity index (χ0n) is 18.5. The highest BCUT2D eigenvalue weighted by Gasteiger charge is 2.29. The van der Waals surface area contributed by atoms with Gasteiger partial charge in [-0.3, -0.25) is 4.90 Å². The first-order valence-electron chi connectivity index (χ1n) is 11.2. The predicted octanol–water partition coefficient (Wildman–Crippen LogP) is 5.72. The van der Waals surface area contributed by atoms with Crippen LogP contribution in [0.4, 0.5) is 13.6 Å². The number of fused-ring (bicyclic) bond motifs is 1. The maximum atomic E-state index is 13.3. The average Bonchev–Trinajstić information content (AvgIpc) is 3.46. The normalized spacial score (nSPS) is 15.9. The van der Waals surface area contributed by atoms with Crippen LogP contribution in [0.2, 0.25) is 0 Å². The van der Waals surface area contributed by atoms with Crippen molar-refractivity contribution < 1.29 is 32.9 Å². The van der Waals surface area contributed by atoms with Crippen LogP contribution in [0.1, 0.15) is 42.7 Å². The molecular formula is C25H26F2N2O5. The largest absolute Gasteiger partial charge is 0.503 e. The van der Waals surface area contributed by atoms with Crippen LogP contribution in [0, 0.1) is 11.6 Å². The molecule has 1 aliphatic carbocycles. The Labute approximate surface area is 195 Å². The van der Waals surface area contributed by atoms with Crippen molar-refractivity contribution in [3.8, 4) is 17.2 Å². The molecule has 2 aromatic carbocycles. The number of carbonyl (C=O) groups is 1. The molecule has 0 saturated heterocycles. The average molecular weight is 472 g/mol. The molecule has 5 rings (SSSR count). The molecule has 0 atom stereocenters. The van der Waals surface area contributed by atoms with E-state index in [1.54, 1.807) is 0 Å². The minimum Gasteiger partial charge on any atom is -0.489 e. The molecule has 0 bridgehead atoms. The summed E-state index contributed by atoms with van der Waals surface area (Å²) in [5.41, 5.74) is 2.39. The number of nitrogens with zero attached hydrogens (tertiary/aromatic N) is 2. The maximum absolute atomic E-state index is 13.3. The highest BCUT2D eigenvalue weighted by molar-refractivity contribution is 5.55. The monoisotopic (exact) mass is 472 g/mol. The highest BCUT2D eigenvalue weighted by atomic mass is 19.1. The molecule has 0 radical (unpaired) electrons. The van der Waals surface area contributed by atoms with Crippen LogP contribution in [0.15, 0.2) is 46.9 Å². The van der Waals surface area contributed by atoms with Crippen molar-refractivity contribution >= 4 is 6.16 Å². The molecule has 0 unspecified atom stereocenters. The molecule has 180 valence electrons. The van der Waals surface area contributed by atoms with Crippen LogP contribution >= 0.6 is 0 Å². The van der Waals surface area contributed by atoms with Crippen molar-refractivity contribution in [2.75, 3.05) is 6.54 Å². The highest BCUT2D eigenvalue weighted by Crippen LogP contribution is 2.31. The second-order valence-corrected chi connectivity index (χ2v) is 8.42. The number of hydrogen-bond acceptors (Lipinski definition) is 5. The van der Waals surface area contributed by atoms with Crippen LogP contribution < -0.4 is 4.74 Å². The molecule has 34 heavy (non-hydrogen) atoms. The molecule has 7 nitrogen and oxygen atoms in total. The fraction of sp³-hybridized carbons (Fsp3) is 0.360. The Morgan fingerprint density at radius 1 is 1.09 bits per heavy atom. The zero-order valence-corrected chi connectivity index (χ0v) is 18.5. The van der Waals surface area contributed by atoms with Crippen molar-refractivity contribution in [2.24, 2.45) is 0 Å². The van der Waals surface area contributed by atoms with E-state index in [1.165, 1.54) is 37.8 Å². The van der Waals surface area contributed by atoms with Crippen LogP contribution in [0.3, 0.4) is 0 Å². The molecule has 2 aliphatic rings. The Hall–Kier alpha value is -3.46. The lowest BCUT2D eigenvalue weighted by atomic mass is 10.1. The summed E-state index contributed by atoms with van der Waals surface area (Å²) in [7, 11) is 0. The molecule has 0 amide bonds. The van der Waals surface area contributed by atoms with Gasteiger partial charge in [-0.25, -0.2) is 18.6 Å². The van der Waals surface area contributed by atoms with Gasteiger partial charge in [-0.1, -0.05) is 12.8 Å². The summed E-state index contributed by atoms with van der Waals surface area (Å²) >= 11 is 0. The summed E-state index contributed by atoms with van der Waals surface area (Å²) in [6.07, 6.45) is 4.33. The van der Waals surface area contributed by atoms with E-state index >= 15 is 0 Å². The number of rotatable bonds is 5. The molecule has 2 heterocycles. The predicted molar refractivity (Wildman–Crippen MR) is 120 cm³/mol. The minimum atomic E-state index is -1.83. The van der Waals surface area contributed by atoms with E-state index < -0.39 is 17.8 Å². The van der Waals surface area contributed by atoms with Gasteiger partial charge in [0.05, 0.1) is 5.69 Å². The number of aromatic nitrogens is 1. The molecule has 1 saturated carbocycles. The van der Waals surface area contributed by atoms with Gasteiger partial charge in [0.25, 0.3) is 0 Å². The van der Waals surface area contributed by atoms with E-state index in [9.17, 15) is 8.78 Å². The van der Waals surface area contributed by atoms with Gasteiger partial charge in [0, 0.05) is 37.2 Å². The van der Waals surface area contributed by atoms with Crippen molar-refractivity contribution in [1.29, 1.82) is 0 Å². The van der Waals surface area contributed by atoms with Gasteiger partial charge in [0.2, 0.25) is 5.89 Å². The number of halogens is 2. The molecule has 1 aliphatic heterocycles. The lowest BCUT2D eigenvalue weighted by molar-refractivity contribution is 0.137. The van der Waals surface area contributed by atoms with Crippen molar-refractivity contribution in [3.05, 3.63) is 71.1 Å². The third-order valence-electron chi connectivity index (χ3n) is 6.03. The van der Waals surface area contributed by atoms with E-state index in [1.807, 2.05) is 24.3 Å². The quantitative estimate of drug-likeness (QED) is 0.490. The van der Waals surface area contributed by atoms with Crippen molar-refractivity contribution in [2.45, 2.75) is 51.3 Å². The Balaban J connectivity index is 0.000000636. The second-order valence-electron chi connectivity index (χ2n) is 8.42. The SMILES string of the molecule is Fc1cc(F)cc(COc2ccc(-c3nc4c(o3)CCN(C3CCCC3)C4)cc2)c1.O=C(O)O. The third kappa shape index (κ3) is 6.11. The second kappa shape index (κ2) is 10.6. The summed E-state index contributed by atoms with van der Waals surface area (Å²) in [6, 6.07) is 11.5. The number of benzene rings is 2. The Bertz CT molecular complexity index is 1100. The molecule has 2 N–H and O–H groups in total. The Morgan fingerprint density at radius 3 is 2.38 bits per heavy atom. The summed E-state index contributed by atoms with van der Waals surface area (Å²) in [5.74, 6) is 1.03. The lowest BCUT2D eigenvalue weighted by Gasteiger charge is -2.30. The first kappa shape index (κ1) is 23.7. The summed E-state index contributed by atoms with van der Waals surface area (Å²) in [5, 5.41) is 13.9. The van der Waals surface area contributed by atoms with E-state index in [2.05, 4.69) is 4.90 Å². The fourth-order valence-electron chi connectivity index (χ4n) is 4.48. The maximum Gasteiger partial charge on any atom is 0.503 e. The molecule has 1 fully saturated rings. The molecule has 1 aromatic heterocycles. The van der Waals surface area contributed by atoms with E-state index in [4.69, 9.17) is 29.1 Å². The lowest BCUT2D eigenvalue weighted by Crippen LogP contribution is -2.37. The van der Waals surface area contributed by atoms with Gasteiger partial charge in [0.15, 0.2) is 0 Å². The smallest absolute Gasteiger partial charge is 0.489 e. The first-order chi connectivity index (χ1) is 16.4. The van der Waals surface area contributed by atoms with Crippen molar-refractivity contribution in [1.82, 2.24) is 9.88 Å².